The number of nitrogens with zero attached hydrogens (tertiary/aromatic N) is 2. The van der Waals surface area contributed by atoms with Gasteiger partial charge in [0.15, 0.2) is 0 Å². The summed E-state index contributed by atoms with van der Waals surface area (Å²) in [5.74, 6) is -1.62. The van der Waals surface area contributed by atoms with Gasteiger partial charge in [-0.2, -0.15) is 0 Å². The fourth-order valence-corrected chi connectivity index (χ4v) is 1.10. The number of urea groups is 1. The molecule has 1 fully saturated rings. The first-order valence-electron chi connectivity index (χ1n) is 3.56. The minimum atomic E-state index is -0.738. The first-order valence-corrected chi connectivity index (χ1v) is 3.56. The van der Waals surface area contributed by atoms with E-state index >= 15 is 0 Å². The molecule has 66 valence electrons. The normalized spacial score (nSPS) is 20.8. The third-order valence-electron chi connectivity index (χ3n) is 1.98. The molecular weight excluding hydrogens is 160 g/mol. The van der Waals surface area contributed by atoms with Gasteiger partial charge in [-0.3, -0.25) is 19.4 Å². The number of hydrogen-bond acceptors (Lipinski definition) is 3. The van der Waals surface area contributed by atoms with Crippen LogP contribution in [-0.2, 0) is 9.59 Å². The second-order valence-electron chi connectivity index (χ2n) is 2.80. The van der Waals surface area contributed by atoms with Gasteiger partial charge in [-0.15, -0.1) is 0 Å². The van der Waals surface area contributed by atoms with Crippen LogP contribution in [0.2, 0.25) is 0 Å². The highest BCUT2D eigenvalue weighted by atomic mass is 16.2. The Hall–Kier alpha value is -1.39. The molecule has 0 bridgehead atoms. The number of imide groups is 2. The Labute approximate surface area is 69.9 Å². The van der Waals surface area contributed by atoms with Crippen molar-refractivity contribution in [2.24, 2.45) is 5.92 Å². The maximum absolute atomic E-state index is 11.1. The zero-order chi connectivity index (χ0) is 9.46. The van der Waals surface area contributed by atoms with Crippen LogP contribution in [0.15, 0.2) is 0 Å². The Bertz CT molecular complexity index is 201. The summed E-state index contributed by atoms with van der Waals surface area (Å²) >= 11 is 0. The van der Waals surface area contributed by atoms with Crippen molar-refractivity contribution in [3.63, 3.8) is 0 Å². The first kappa shape index (κ1) is 8.70. The molecule has 0 unspecified atom stereocenters. The molecule has 12 heavy (non-hydrogen) atoms. The molecular formula is C7H10N2O3. The summed E-state index contributed by atoms with van der Waals surface area (Å²) in [6.07, 6.45) is 0. The smallest absolute Gasteiger partial charge is 0.273 e. The lowest BCUT2D eigenvalue weighted by Gasteiger charge is -2.30. The van der Waals surface area contributed by atoms with Gasteiger partial charge in [-0.25, -0.2) is 4.79 Å². The second-order valence-corrected chi connectivity index (χ2v) is 2.80. The lowest BCUT2D eigenvalue weighted by atomic mass is 10.1. The molecule has 0 aromatic carbocycles. The van der Waals surface area contributed by atoms with Crippen LogP contribution in [0.5, 0.6) is 0 Å². The SMILES string of the molecule is CC1C(=O)N(C)C(=O)N(C)C1=O. The molecule has 1 heterocycles. The minimum Gasteiger partial charge on any atom is -0.273 e. The van der Waals surface area contributed by atoms with Crippen LogP contribution >= 0.6 is 0 Å². The Morgan fingerprint density at radius 3 is 1.67 bits per heavy atom. The standard InChI is InChI=1S/C7H10N2O3/c1-4-5(10)8(2)7(12)9(3)6(4)11/h4H,1-3H3. The van der Waals surface area contributed by atoms with Gasteiger partial charge in [-0.1, -0.05) is 0 Å². The van der Waals surface area contributed by atoms with Crippen LogP contribution in [0, 0.1) is 5.92 Å². The van der Waals surface area contributed by atoms with Crippen molar-refractivity contribution in [2.75, 3.05) is 14.1 Å². The lowest BCUT2D eigenvalue weighted by Crippen LogP contribution is -2.55. The van der Waals surface area contributed by atoms with Crippen LogP contribution < -0.4 is 0 Å². The van der Waals surface area contributed by atoms with Gasteiger partial charge in [0.05, 0.1) is 0 Å². The molecule has 5 heteroatoms. The first-order chi connectivity index (χ1) is 5.46. The molecule has 0 saturated carbocycles. The lowest BCUT2D eigenvalue weighted by molar-refractivity contribution is -0.146. The molecule has 1 saturated heterocycles. The monoisotopic (exact) mass is 170 g/mol. The molecule has 0 atom stereocenters. The average Bonchev–Trinajstić information content (AvgIpc) is 2.08. The van der Waals surface area contributed by atoms with Crippen molar-refractivity contribution >= 4 is 17.8 Å². The number of hydrogen-bond donors (Lipinski definition) is 0. The van der Waals surface area contributed by atoms with Crippen LogP contribution in [0.4, 0.5) is 4.79 Å². The Kier molecular flexibility index (Phi) is 1.87. The molecule has 0 aliphatic carbocycles. The zero-order valence-corrected chi connectivity index (χ0v) is 7.20. The predicted molar refractivity (Wildman–Crippen MR) is 40.1 cm³/mol. The van der Waals surface area contributed by atoms with E-state index in [0.29, 0.717) is 0 Å². The van der Waals surface area contributed by atoms with E-state index in [2.05, 4.69) is 0 Å². The van der Waals surface area contributed by atoms with Crippen LogP contribution in [0.1, 0.15) is 6.92 Å². The van der Waals surface area contributed by atoms with Gasteiger partial charge >= 0.3 is 6.03 Å². The molecule has 1 rings (SSSR count). The van der Waals surface area contributed by atoms with Crippen molar-refractivity contribution in [3.05, 3.63) is 0 Å². The van der Waals surface area contributed by atoms with E-state index in [-0.39, 0.29) is 0 Å². The second kappa shape index (κ2) is 2.58. The molecule has 0 spiro atoms. The van der Waals surface area contributed by atoms with Crippen molar-refractivity contribution in [3.8, 4) is 0 Å². The Morgan fingerprint density at radius 1 is 1.00 bits per heavy atom. The maximum Gasteiger partial charge on any atom is 0.332 e. The van der Waals surface area contributed by atoms with Crippen molar-refractivity contribution in [1.82, 2.24) is 9.80 Å². The van der Waals surface area contributed by atoms with Gasteiger partial charge in [0, 0.05) is 14.1 Å². The minimum absolute atomic E-state index is 0.442. The van der Waals surface area contributed by atoms with E-state index in [1.54, 1.807) is 0 Å². The molecule has 0 N–H and O–H groups in total. The molecule has 5 nitrogen and oxygen atoms in total. The summed E-state index contributed by atoms with van der Waals surface area (Å²) in [5.41, 5.74) is 0. The average molecular weight is 170 g/mol. The van der Waals surface area contributed by atoms with Gasteiger partial charge < -0.3 is 0 Å². The van der Waals surface area contributed by atoms with Crippen LogP contribution in [0.25, 0.3) is 0 Å². The zero-order valence-electron chi connectivity index (χ0n) is 7.20. The third-order valence-corrected chi connectivity index (χ3v) is 1.98. The van der Waals surface area contributed by atoms with E-state index in [1.165, 1.54) is 21.0 Å². The summed E-state index contributed by atoms with van der Waals surface area (Å²) in [6.45, 7) is 1.49. The molecule has 1 aliphatic heterocycles. The van der Waals surface area contributed by atoms with Gasteiger partial charge in [-0.05, 0) is 6.92 Å². The third kappa shape index (κ3) is 0.975. The highest BCUT2D eigenvalue weighted by Gasteiger charge is 2.39. The fraction of sp³-hybridized carbons (Fsp3) is 0.571. The number of barbiturate groups is 1. The molecule has 1 aliphatic rings. The van der Waals surface area contributed by atoms with E-state index < -0.39 is 23.8 Å². The van der Waals surface area contributed by atoms with Gasteiger partial charge in [0.2, 0.25) is 11.8 Å². The molecule has 0 radical (unpaired) electrons. The summed E-state index contributed by atoms with van der Waals surface area (Å²) in [6, 6.07) is -0.567. The highest BCUT2D eigenvalue weighted by molar-refractivity contribution is 6.15. The molecule has 0 aromatic heterocycles. The van der Waals surface area contributed by atoms with Crippen molar-refractivity contribution in [1.29, 1.82) is 0 Å². The number of carbonyl (C=O) groups excluding carboxylic acids is 3. The van der Waals surface area contributed by atoms with Crippen LogP contribution in [-0.4, -0.2) is 41.7 Å². The summed E-state index contributed by atoms with van der Waals surface area (Å²) < 4.78 is 0. The Balaban J connectivity index is 2.99. The quantitative estimate of drug-likeness (QED) is 0.468. The van der Waals surface area contributed by atoms with E-state index in [4.69, 9.17) is 0 Å². The number of carbonyl (C=O) groups is 3. The van der Waals surface area contributed by atoms with E-state index in [9.17, 15) is 14.4 Å². The van der Waals surface area contributed by atoms with Crippen molar-refractivity contribution in [2.45, 2.75) is 6.92 Å². The summed E-state index contributed by atoms with van der Waals surface area (Å²) in [7, 11) is 2.73. The Morgan fingerprint density at radius 2 is 1.33 bits per heavy atom. The van der Waals surface area contributed by atoms with Crippen LogP contribution in [0.3, 0.4) is 0 Å². The number of rotatable bonds is 0. The van der Waals surface area contributed by atoms with Crippen molar-refractivity contribution < 1.29 is 14.4 Å². The molecule has 4 amide bonds. The highest BCUT2D eigenvalue weighted by Crippen LogP contribution is 2.13. The number of amides is 4. The van der Waals surface area contributed by atoms with E-state index in [0.717, 1.165) is 9.80 Å². The summed E-state index contributed by atoms with van der Waals surface area (Å²) in [5, 5.41) is 0. The predicted octanol–water partition coefficient (Wildman–Crippen LogP) is -0.327. The fourth-order valence-electron chi connectivity index (χ4n) is 1.10. The van der Waals surface area contributed by atoms with Gasteiger partial charge in [0.25, 0.3) is 0 Å². The largest absolute Gasteiger partial charge is 0.332 e. The van der Waals surface area contributed by atoms with Gasteiger partial charge in [0.1, 0.15) is 5.92 Å². The summed E-state index contributed by atoms with van der Waals surface area (Å²) in [4.78, 5) is 35.3. The van der Waals surface area contributed by atoms with E-state index in [1.807, 2.05) is 0 Å². The molecule has 0 aromatic rings. The maximum atomic E-state index is 11.1. The topological polar surface area (TPSA) is 57.7 Å².